The second-order valence-corrected chi connectivity index (χ2v) is 8.59. The van der Waals surface area contributed by atoms with Crippen molar-refractivity contribution in [1.82, 2.24) is 24.5 Å². The smallest absolute Gasteiger partial charge is 0.251 e. The predicted octanol–water partition coefficient (Wildman–Crippen LogP) is 0.0965. The summed E-state index contributed by atoms with van der Waals surface area (Å²) < 4.78 is 27.5. The van der Waals surface area contributed by atoms with E-state index in [9.17, 15) is 22.8 Å². The van der Waals surface area contributed by atoms with E-state index in [1.165, 1.54) is 10.4 Å². The number of sulfonamides is 1. The number of hydrogen-bond acceptors (Lipinski definition) is 6. The molecule has 0 fully saturated rings. The number of hydrogen-bond donors (Lipinski definition) is 2. The quantitative estimate of drug-likeness (QED) is 0.500. The van der Waals surface area contributed by atoms with E-state index in [0.29, 0.717) is 19.6 Å². The lowest BCUT2D eigenvalue weighted by molar-refractivity contribution is -0.122. The molecule has 168 valence electrons. The summed E-state index contributed by atoms with van der Waals surface area (Å²) in [6.45, 7) is 4.13. The molecule has 0 bridgehead atoms. The molecule has 0 aliphatic carbocycles. The van der Waals surface area contributed by atoms with E-state index in [-0.39, 0.29) is 30.3 Å². The van der Waals surface area contributed by atoms with Gasteiger partial charge in [0.1, 0.15) is 6.54 Å². The summed E-state index contributed by atoms with van der Waals surface area (Å²) in [5.74, 6) is -0.733. The normalized spacial score (nSPS) is 11.3. The summed E-state index contributed by atoms with van der Waals surface area (Å²) in [6.07, 6.45) is 4.50. The lowest BCUT2D eigenvalue weighted by Gasteiger charge is -2.19. The van der Waals surface area contributed by atoms with E-state index in [1.54, 1.807) is 38.4 Å². The molecule has 11 heteroatoms. The predicted molar refractivity (Wildman–Crippen MR) is 115 cm³/mol. The number of nitrogens with zero attached hydrogens (tertiary/aromatic N) is 3. The molecule has 0 unspecified atom stereocenters. The third kappa shape index (κ3) is 7.00. The van der Waals surface area contributed by atoms with Crippen molar-refractivity contribution in [3.8, 4) is 0 Å². The van der Waals surface area contributed by atoms with Crippen LogP contribution in [0.1, 0.15) is 25.8 Å². The van der Waals surface area contributed by atoms with Crippen molar-refractivity contribution in [2.45, 2.75) is 38.3 Å². The molecule has 2 heterocycles. The topological polar surface area (TPSA) is 130 Å². The first kappa shape index (κ1) is 24.2. The number of amides is 2. The van der Waals surface area contributed by atoms with E-state index < -0.39 is 21.5 Å². The lowest BCUT2D eigenvalue weighted by atomic mass is 10.2. The maximum absolute atomic E-state index is 12.6. The Balaban J connectivity index is 1.89. The zero-order chi connectivity index (χ0) is 22.9. The van der Waals surface area contributed by atoms with Crippen LogP contribution >= 0.6 is 0 Å². The standard InChI is InChI=1S/C20H27N5O5S/c1-3-25(4-2)31(29,30)17-5-6-20(28)24(14-17)15-19(27)22-12-9-18(26)23-13-16-7-10-21-11-8-16/h5-8,10-11,14H,3-4,9,12-13,15H2,1-2H3,(H,22,27)(H,23,26). The Bertz CT molecular complexity index is 1050. The van der Waals surface area contributed by atoms with Gasteiger partial charge in [-0.3, -0.25) is 19.4 Å². The van der Waals surface area contributed by atoms with Gasteiger partial charge in [-0.25, -0.2) is 8.42 Å². The third-order valence-corrected chi connectivity index (χ3v) is 6.56. The van der Waals surface area contributed by atoms with Crippen molar-refractivity contribution in [3.05, 3.63) is 58.8 Å². The number of nitrogens with one attached hydrogen (secondary N) is 2. The van der Waals surface area contributed by atoms with Crippen LogP contribution in [0.25, 0.3) is 0 Å². The number of carbonyl (C=O) groups excluding carboxylic acids is 2. The maximum Gasteiger partial charge on any atom is 0.251 e. The largest absolute Gasteiger partial charge is 0.354 e. The summed E-state index contributed by atoms with van der Waals surface area (Å²) in [6, 6.07) is 5.93. The van der Waals surface area contributed by atoms with Gasteiger partial charge in [0.2, 0.25) is 21.8 Å². The molecule has 0 saturated heterocycles. The number of pyridine rings is 2. The van der Waals surface area contributed by atoms with E-state index >= 15 is 0 Å². The van der Waals surface area contributed by atoms with Crippen LogP contribution in [-0.4, -0.2) is 53.7 Å². The summed E-state index contributed by atoms with van der Waals surface area (Å²) in [4.78, 5) is 39.9. The molecule has 2 aromatic heterocycles. The van der Waals surface area contributed by atoms with Crippen LogP contribution in [-0.2, 0) is 32.7 Å². The van der Waals surface area contributed by atoms with Gasteiger partial charge in [-0.15, -0.1) is 0 Å². The minimum atomic E-state index is -3.75. The maximum atomic E-state index is 12.6. The molecular weight excluding hydrogens is 422 g/mol. The van der Waals surface area contributed by atoms with Crippen molar-refractivity contribution in [2.75, 3.05) is 19.6 Å². The van der Waals surface area contributed by atoms with Gasteiger partial charge in [-0.2, -0.15) is 4.31 Å². The molecule has 0 aromatic carbocycles. The monoisotopic (exact) mass is 449 g/mol. The van der Waals surface area contributed by atoms with Gasteiger partial charge in [0.15, 0.2) is 0 Å². The Hall–Kier alpha value is -3.05. The molecule has 10 nitrogen and oxygen atoms in total. The molecule has 2 aromatic rings. The van der Waals surface area contributed by atoms with Crippen LogP contribution in [0.3, 0.4) is 0 Å². The van der Waals surface area contributed by atoms with E-state index in [0.717, 1.165) is 22.4 Å². The zero-order valence-electron chi connectivity index (χ0n) is 17.6. The molecule has 0 radical (unpaired) electrons. The van der Waals surface area contributed by atoms with Gasteiger partial charge in [0.25, 0.3) is 5.56 Å². The van der Waals surface area contributed by atoms with Crippen molar-refractivity contribution < 1.29 is 18.0 Å². The van der Waals surface area contributed by atoms with Crippen LogP contribution in [0, 0.1) is 0 Å². The Morgan fingerprint density at radius 1 is 1.03 bits per heavy atom. The van der Waals surface area contributed by atoms with E-state index in [1.807, 2.05) is 0 Å². The minimum Gasteiger partial charge on any atom is -0.354 e. The van der Waals surface area contributed by atoms with E-state index in [2.05, 4.69) is 15.6 Å². The molecule has 2 amide bonds. The zero-order valence-corrected chi connectivity index (χ0v) is 18.4. The first-order chi connectivity index (χ1) is 14.8. The second kappa shape index (κ2) is 11.4. The second-order valence-electron chi connectivity index (χ2n) is 6.65. The molecule has 0 saturated carbocycles. The van der Waals surface area contributed by atoms with Crippen LogP contribution in [0.2, 0.25) is 0 Å². The third-order valence-electron chi connectivity index (χ3n) is 4.53. The molecular formula is C20H27N5O5S. The minimum absolute atomic E-state index is 0.0564. The average Bonchev–Trinajstić information content (AvgIpc) is 2.75. The van der Waals surface area contributed by atoms with Gasteiger partial charge in [0.05, 0.1) is 4.90 Å². The SMILES string of the molecule is CCN(CC)S(=O)(=O)c1ccc(=O)n(CC(=O)NCCC(=O)NCc2ccncc2)c1. The van der Waals surface area contributed by atoms with Crippen molar-refractivity contribution in [2.24, 2.45) is 0 Å². The Kier molecular flexibility index (Phi) is 8.88. The molecule has 0 aliphatic heterocycles. The summed E-state index contributed by atoms with van der Waals surface area (Å²) in [7, 11) is -3.75. The fraction of sp³-hybridized carbons (Fsp3) is 0.400. The Morgan fingerprint density at radius 2 is 1.71 bits per heavy atom. The highest BCUT2D eigenvalue weighted by Crippen LogP contribution is 2.13. The lowest BCUT2D eigenvalue weighted by Crippen LogP contribution is -2.35. The van der Waals surface area contributed by atoms with Crippen LogP contribution in [0.4, 0.5) is 0 Å². The highest BCUT2D eigenvalue weighted by atomic mass is 32.2. The number of carbonyl (C=O) groups is 2. The number of rotatable bonds is 11. The molecule has 31 heavy (non-hydrogen) atoms. The first-order valence-corrected chi connectivity index (χ1v) is 11.3. The van der Waals surface area contributed by atoms with Gasteiger partial charge < -0.3 is 15.2 Å². The average molecular weight is 450 g/mol. The molecule has 0 spiro atoms. The molecule has 2 N–H and O–H groups in total. The van der Waals surface area contributed by atoms with E-state index in [4.69, 9.17) is 0 Å². The van der Waals surface area contributed by atoms with Crippen molar-refractivity contribution >= 4 is 21.8 Å². The Labute approximate surface area is 181 Å². The van der Waals surface area contributed by atoms with Crippen molar-refractivity contribution in [3.63, 3.8) is 0 Å². The molecule has 0 aliphatic rings. The van der Waals surface area contributed by atoms with Gasteiger partial charge in [-0.1, -0.05) is 13.8 Å². The summed E-state index contributed by atoms with van der Waals surface area (Å²) >= 11 is 0. The molecule has 0 atom stereocenters. The molecule has 2 rings (SSSR count). The number of aromatic nitrogens is 2. The van der Waals surface area contributed by atoms with Gasteiger partial charge >= 0.3 is 0 Å². The summed E-state index contributed by atoms with van der Waals surface area (Å²) in [5, 5.41) is 5.29. The van der Waals surface area contributed by atoms with Gasteiger partial charge in [0, 0.05) is 57.3 Å². The van der Waals surface area contributed by atoms with Crippen LogP contribution in [0.5, 0.6) is 0 Å². The first-order valence-electron chi connectivity index (χ1n) is 9.90. The van der Waals surface area contributed by atoms with Crippen LogP contribution in [0.15, 0.2) is 52.5 Å². The van der Waals surface area contributed by atoms with Crippen molar-refractivity contribution in [1.29, 1.82) is 0 Å². The Morgan fingerprint density at radius 3 is 2.35 bits per heavy atom. The summed E-state index contributed by atoms with van der Waals surface area (Å²) in [5.41, 5.74) is 0.412. The van der Waals surface area contributed by atoms with Crippen LogP contribution < -0.4 is 16.2 Å². The van der Waals surface area contributed by atoms with Gasteiger partial charge in [-0.05, 0) is 23.8 Å². The fourth-order valence-corrected chi connectivity index (χ4v) is 4.29. The fourth-order valence-electron chi connectivity index (χ4n) is 2.81. The highest BCUT2D eigenvalue weighted by Gasteiger charge is 2.22. The highest BCUT2D eigenvalue weighted by molar-refractivity contribution is 7.89.